The van der Waals surface area contributed by atoms with Crippen LogP contribution in [0.1, 0.15) is 30.0 Å². The maximum Gasteiger partial charge on any atom is 0.221 e. The molecule has 1 unspecified atom stereocenters. The van der Waals surface area contributed by atoms with Crippen LogP contribution >= 0.6 is 11.3 Å². The van der Waals surface area contributed by atoms with Gasteiger partial charge in [0.25, 0.3) is 0 Å². The van der Waals surface area contributed by atoms with Crippen LogP contribution < -0.4 is 10.6 Å². The van der Waals surface area contributed by atoms with Gasteiger partial charge < -0.3 is 10.6 Å². The molecule has 0 bridgehead atoms. The SMILES string of the molecule is CNCCC(=O)NC(C)c1sc(-c2ccccc2)nc1C. The second kappa shape index (κ2) is 7.33. The van der Waals surface area contributed by atoms with Crippen LogP contribution in [0.3, 0.4) is 0 Å². The third-order valence-corrected chi connectivity index (χ3v) is 4.62. The Balaban J connectivity index is 2.10. The standard InChI is InChI=1S/C16H21N3OS/c1-11(18-14(20)9-10-17-3)15-12(2)19-16(21-15)13-7-5-4-6-8-13/h4-8,11,17H,9-10H2,1-3H3,(H,18,20). The summed E-state index contributed by atoms with van der Waals surface area (Å²) in [6, 6.07) is 10.1. The van der Waals surface area contributed by atoms with Gasteiger partial charge in [0.1, 0.15) is 5.01 Å². The molecule has 1 heterocycles. The zero-order chi connectivity index (χ0) is 15.2. The molecule has 2 rings (SSSR count). The molecule has 0 spiro atoms. The Hall–Kier alpha value is -1.72. The van der Waals surface area contributed by atoms with Gasteiger partial charge in [0, 0.05) is 18.5 Å². The van der Waals surface area contributed by atoms with Gasteiger partial charge in [-0.25, -0.2) is 4.98 Å². The molecule has 2 aromatic rings. The summed E-state index contributed by atoms with van der Waals surface area (Å²) in [4.78, 5) is 17.6. The molecule has 0 aliphatic heterocycles. The van der Waals surface area contributed by atoms with Crippen molar-refractivity contribution in [1.29, 1.82) is 0 Å². The van der Waals surface area contributed by atoms with Gasteiger partial charge in [-0.15, -0.1) is 11.3 Å². The lowest BCUT2D eigenvalue weighted by atomic mass is 10.2. The molecule has 5 heteroatoms. The number of amides is 1. The number of hydrogen-bond donors (Lipinski definition) is 2. The van der Waals surface area contributed by atoms with Crippen molar-refractivity contribution < 1.29 is 4.79 Å². The molecular weight excluding hydrogens is 282 g/mol. The Kier molecular flexibility index (Phi) is 5.47. The molecule has 0 saturated heterocycles. The molecule has 112 valence electrons. The minimum Gasteiger partial charge on any atom is -0.349 e. The quantitative estimate of drug-likeness (QED) is 0.863. The van der Waals surface area contributed by atoms with E-state index in [0.717, 1.165) is 21.1 Å². The number of nitrogens with zero attached hydrogens (tertiary/aromatic N) is 1. The van der Waals surface area contributed by atoms with Crippen molar-refractivity contribution in [2.45, 2.75) is 26.3 Å². The van der Waals surface area contributed by atoms with E-state index in [9.17, 15) is 4.79 Å². The first-order chi connectivity index (χ1) is 10.1. The molecule has 1 atom stereocenters. The van der Waals surface area contributed by atoms with Gasteiger partial charge in [-0.05, 0) is 20.9 Å². The molecular formula is C16H21N3OS. The van der Waals surface area contributed by atoms with Crippen molar-refractivity contribution >= 4 is 17.2 Å². The number of rotatable bonds is 6. The number of aryl methyl sites for hydroxylation is 1. The van der Waals surface area contributed by atoms with Crippen LogP contribution in [0.2, 0.25) is 0 Å². The minimum atomic E-state index is -0.00989. The molecule has 4 nitrogen and oxygen atoms in total. The minimum absolute atomic E-state index is 0.00989. The number of nitrogens with one attached hydrogen (secondary N) is 2. The van der Waals surface area contributed by atoms with Crippen molar-refractivity contribution in [3.05, 3.63) is 40.9 Å². The maximum atomic E-state index is 11.8. The predicted octanol–water partition coefficient (Wildman–Crippen LogP) is 2.91. The number of benzene rings is 1. The normalized spacial score (nSPS) is 12.1. The second-order valence-electron chi connectivity index (χ2n) is 4.98. The van der Waals surface area contributed by atoms with E-state index >= 15 is 0 Å². The molecule has 0 saturated carbocycles. The molecule has 0 aliphatic rings. The summed E-state index contributed by atoms with van der Waals surface area (Å²) in [5.41, 5.74) is 2.10. The van der Waals surface area contributed by atoms with E-state index < -0.39 is 0 Å². The van der Waals surface area contributed by atoms with E-state index in [2.05, 4.69) is 27.8 Å². The fourth-order valence-corrected chi connectivity index (χ4v) is 3.21. The fraction of sp³-hybridized carbons (Fsp3) is 0.375. The van der Waals surface area contributed by atoms with Gasteiger partial charge in [-0.2, -0.15) is 0 Å². The van der Waals surface area contributed by atoms with E-state index in [1.54, 1.807) is 11.3 Å². The Morgan fingerprint density at radius 2 is 2.05 bits per heavy atom. The van der Waals surface area contributed by atoms with Gasteiger partial charge >= 0.3 is 0 Å². The molecule has 1 aromatic carbocycles. The van der Waals surface area contributed by atoms with Crippen molar-refractivity contribution in [3.63, 3.8) is 0 Å². The third-order valence-electron chi connectivity index (χ3n) is 3.23. The first-order valence-corrected chi connectivity index (χ1v) is 7.90. The van der Waals surface area contributed by atoms with Gasteiger partial charge in [0.05, 0.1) is 16.6 Å². The predicted molar refractivity (Wildman–Crippen MR) is 87.4 cm³/mol. The van der Waals surface area contributed by atoms with Crippen molar-refractivity contribution in [3.8, 4) is 10.6 Å². The highest BCUT2D eigenvalue weighted by atomic mass is 32.1. The summed E-state index contributed by atoms with van der Waals surface area (Å²) >= 11 is 1.65. The lowest BCUT2D eigenvalue weighted by Crippen LogP contribution is -2.28. The summed E-state index contributed by atoms with van der Waals surface area (Å²) in [6.45, 7) is 4.69. The van der Waals surface area contributed by atoms with Gasteiger partial charge in [-0.3, -0.25) is 4.79 Å². The summed E-state index contributed by atoms with van der Waals surface area (Å²) < 4.78 is 0. The van der Waals surface area contributed by atoms with Gasteiger partial charge in [0.2, 0.25) is 5.91 Å². The second-order valence-corrected chi connectivity index (χ2v) is 6.01. The lowest BCUT2D eigenvalue weighted by Gasteiger charge is -2.12. The van der Waals surface area contributed by atoms with E-state index in [4.69, 9.17) is 0 Å². The molecule has 0 fully saturated rings. The smallest absolute Gasteiger partial charge is 0.221 e. The summed E-state index contributed by atoms with van der Waals surface area (Å²) in [6.07, 6.45) is 0.490. The van der Waals surface area contributed by atoms with Crippen LogP contribution in [0.4, 0.5) is 0 Å². The molecule has 2 N–H and O–H groups in total. The maximum absolute atomic E-state index is 11.8. The summed E-state index contributed by atoms with van der Waals surface area (Å²) in [5.74, 6) is 0.0610. The highest BCUT2D eigenvalue weighted by molar-refractivity contribution is 7.15. The number of carbonyl (C=O) groups is 1. The molecule has 1 amide bonds. The molecule has 0 radical (unpaired) electrons. The number of carbonyl (C=O) groups excluding carboxylic acids is 1. The van der Waals surface area contributed by atoms with Gasteiger partial charge in [-0.1, -0.05) is 30.3 Å². The van der Waals surface area contributed by atoms with Crippen LogP contribution in [0.15, 0.2) is 30.3 Å². The van der Waals surface area contributed by atoms with E-state index in [-0.39, 0.29) is 11.9 Å². The average Bonchev–Trinajstić information content (AvgIpc) is 2.88. The molecule has 1 aromatic heterocycles. The van der Waals surface area contributed by atoms with E-state index in [1.807, 2.05) is 39.1 Å². The lowest BCUT2D eigenvalue weighted by molar-refractivity contribution is -0.121. The topological polar surface area (TPSA) is 54.0 Å². The highest BCUT2D eigenvalue weighted by Crippen LogP contribution is 2.31. The summed E-state index contributed by atoms with van der Waals surface area (Å²) in [5, 5.41) is 7.01. The van der Waals surface area contributed by atoms with Crippen molar-refractivity contribution in [1.82, 2.24) is 15.6 Å². The first-order valence-electron chi connectivity index (χ1n) is 7.08. The van der Waals surface area contributed by atoms with Crippen LogP contribution in [-0.2, 0) is 4.79 Å². The monoisotopic (exact) mass is 303 g/mol. The van der Waals surface area contributed by atoms with Crippen molar-refractivity contribution in [2.24, 2.45) is 0 Å². The first kappa shape index (κ1) is 15.7. The Morgan fingerprint density at radius 3 is 2.71 bits per heavy atom. The van der Waals surface area contributed by atoms with E-state index in [0.29, 0.717) is 13.0 Å². The Bertz CT molecular complexity index is 595. The average molecular weight is 303 g/mol. The van der Waals surface area contributed by atoms with Gasteiger partial charge in [0.15, 0.2) is 0 Å². The molecule has 21 heavy (non-hydrogen) atoms. The molecule has 0 aliphatic carbocycles. The number of aromatic nitrogens is 1. The largest absolute Gasteiger partial charge is 0.349 e. The van der Waals surface area contributed by atoms with Crippen LogP contribution in [0.25, 0.3) is 10.6 Å². The van der Waals surface area contributed by atoms with Crippen LogP contribution in [0, 0.1) is 6.92 Å². The Morgan fingerprint density at radius 1 is 1.33 bits per heavy atom. The third kappa shape index (κ3) is 4.12. The fourth-order valence-electron chi connectivity index (χ4n) is 2.13. The van der Waals surface area contributed by atoms with Crippen molar-refractivity contribution in [2.75, 3.05) is 13.6 Å². The summed E-state index contributed by atoms with van der Waals surface area (Å²) in [7, 11) is 1.84. The zero-order valence-corrected chi connectivity index (χ0v) is 13.5. The Labute approximate surface area is 129 Å². The number of thiazole rings is 1. The van der Waals surface area contributed by atoms with Crippen LogP contribution in [-0.4, -0.2) is 24.5 Å². The number of hydrogen-bond acceptors (Lipinski definition) is 4. The van der Waals surface area contributed by atoms with E-state index in [1.165, 1.54) is 0 Å². The zero-order valence-electron chi connectivity index (χ0n) is 12.6. The highest BCUT2D eigenvalue weighted by Gasteiger charge is 2.16. The van der Waals surface area contributed by atoms with Crippen LogP contribution in [0.5, 0.6) is 0 Å².